The molecule has 0 heterocycles. The Kier molecular flexibility index (Phi) is 7.82. The van der Waals surface area contributed by atoms with Gasteiger partial charge in [0.1, 0.15) is 0 Å². The summed E-state index contributed by atoms with van der Waals surface area (Å²) in [6.45, 7) is 7.05. The molecule has 0 amide bonds. The molecule has 1 rings (SSSR count). The number of hydrogen-bond acceptors (Lipinski definition) is 4. The monoisotopic (exact) mass is 258 g/mol. The van der Waals surface area contributed by atoms with E-state index in [1.54, 1.807) is 0 Å². The summed E-state index contributed by atoms with van der Waals surface area (Å²) in [6, 6.07) is 0.590. The van der Waals surface area contributed by atoms with Gasteiger partial charge in [0.05, 0.1) is 0 Å². The van der Waals surface area contributed by atoms with Crippen LogP contribution < -0.4 is 5.73 Å². The Bertz CT molecular complexity index is 208. The molecule has 0 bridgehead atoms. The molecule has 108 valence electrons. The molecule has 1 saturated carbocycles. The molecule has 4 heteroatoms. The average Bonchev–Trinajstić information content (AvgIpc) is 2.39. The summed E-state index contributed by atoms with van der Waals surface area (Å²) in [4.78, 5) is 2.38. The predicted octanol–water partition coefficient (Wildman–Crippen LogP) is 1.83. The Morgan fingerprint density at radius 3 is 2.33 bits per heavy atom. The Balaban J connectivity index is 2.47. The lowest BCUT2D eigenvalue weighted by atomic mass is 9.84. The summed E-state index contributed by atoms with van der Waals surface area (Å²) in [5, 5.41) is 0. The van der Waals surface area contributed by atoms with Gasteiger partial charge < -0.3 is 15.2 Å². The Morgan fingerprint density at radius 1 is 1.17 bits per heavy atom. The van der Waals surface area contributed by atoms with Gasteiger partial charge in [-0.1, -0.05) is 12.8 Å². The summed E-state index contributed by atoms with van der Waals surface area (Å²) in [5.74, 6) is 0.632. The van der Waals surface area contributed by atoms with Crippen LogP contribution in [0, 0.1) is 5.92 Å². The fourth-order valence-electron chi connectivity index (χ4n) is 2.94. The molecule has 1 fully saturated rings. The zero-order valence-corrected chi connectivity index (χ0v) is 12.2. The molecule has 0 spiro atoms. The highest BCUT2D eigenvalue weighted by Crippen LogP contribution is 2.27. The van der Waals surface area contributed by atoms with Gasteiger partial charge in [-0.15, -0.1) is 0 Å². The van der Waals surface area contributed by atoms with Gasteiger partial charge in [-0.05, 0) is 46.2 Å². The van der Waals surface area contributed by atoms with E-state index < -0.39 is 0 Å². The summed E-state index contributed by atoms with van der Waals surface area (Å²) in [6.07, 6.45) is 5.06. The third-order valence-corrected chi connectivity index (χ3v) is 3.88. The van der Waals surface area contributed by atoms with E-state index in [2.05, 4.69) is 11.9 Å². The second-order valence-electron chi connectivity index (χ2n) is 5.13. The second kappa shape index (κ2) is 8.86. The Hall–Kier alpha value is -0.160. The minimum atomic E-state index is -0.106. The van der Waals surface area contributed by atoms with Gasteiger partial charge in [-0.25, -0.2) is 0 Å². The van der Waals surface area contributed by atoms with Crippen molar-refractivity contribution in [2.24, 2.45) is 11.7 Å². The highest BCUT2D eigenvalue weighted by molar-refractivity contribution is 4.82. The number of likely N-dealkylation sites (N-methyl/N-ethyl adjacent to an activating group) is 1. The Labute approximate surface area is 112 Å². The van der Waals surface area contributed by atoms with Crippen molar-refractivity contribution in [3.05, 3.63) is 0 Å². The SMILES string of the molecule is CCOC(CN(C)C1CCCCC1CN)OCC. The van der Waals surface area contributed by atoms with Crippen LogP contribution >= 0.6 is 0 Å². The van der Waals surface area contributed by atoms with E-state index in [1.807, 2.05) is 13.8 Å². The minimum absolute atomic E-state index is 0.106. The van der Waals surface area contributed by atoms with Crippen LogP contribution in [0.25, 0.3) is 0 Å². The normalized spacial score (nSPS) is 25.0. The van der Waals surface area contributed by atoms with Crippen molar-refractivity contribution in [3.8, 4) is 0 Å². The molecule has 0 radical (unpaired) electrons. The molecule has 18 heavy (non-hydrogen) atoms. The standard InChI is InChI=1S/C14H30N2O2/c1-4-17-14(18-5-2)11-16(3)13-9-7-6-8-12(13)10-15/h12-14H,4-11,15H2,1-3H3. The first kappa shape index (κ1) is 15.9. The average molecular weight is 258 g/mol. The topological polar surface area (TPSA) is 47.7 Å². The summed E-state index contributed by atoms with van der Waals surface area (Å²) in [5.41, 5.74) is 5.89. The van der Waals surface area contributed by atoms with E-state index >= 15 is 0 Å². The largest absolute Gasteiger partial charge is 0.352 e. The molecule has 1 aliphatic carbocycles. The number of ether oxygens (including phenoxy) is 2. The van der Waals surface area contributed by atoms with Crippen molar-refractivity contribution in [1.29, 1.82) is 0 Å². The van der Waals surface area contributed by atoms with Crippen molar-refractivity contribution in [2.45, 2.75) is 51.9 Å². The maximum atomic E-state index is 5.89. The predicted molar refractivity (Wildman–Crippen MR) is 74.5 cm³/mol. The van der Waals surface area contributed by atoms with E-state index in [9.17, 15) is 0 Å². The lowest BCUT2D eigenvalue weighted by Crippen LogP contribution is -2.46. The van der Waals surface area contributed by atoms with E-state index in [-0.39, 0.29) is 6.29 Å². The smallest absolute Gasteiger partial charge is 0.170 e. The molecule has 0 aromatic carbocycles. The first-order chi connectivity index (χ1) is 8.72. The lowest BCUT2D eigenvalue weighted by Gasteiger charge is -2.38. The van der Waals surface area contributed by atoms with Crippen LogP contribution in [-0.2, 0) is 9.47 Å². The van der Waals surface area contributed by atoms with Gasteiger partial charge in [-0.2, -0.15) is 0 Å². The quantitative estimate of drug-likeness (QED) is 0.675. The molecule has 0 aromatic rings. The molecule has 0 saturated heterocycles. The highest BCUT2D eigenvalue weighted by Gasteiger charge is 2.28. The zero-order chi connectivity index (χ0) is 13.4. The van der Waals surface area contributed by atoms with Crippen molar-refractivity contribution in [2.75, 3.05) is 33.4 Å². The van der Waals surface area contributed by atoms with Gasteiger partial charge in [0, 0.05) is 25.8 Å². The number of hydrogen-bond donors (Lipinski definition) is 1. The lowest BCUT2D eigenvalue weighted by molar-refractivity contribution is -0.150. The molecule has 2 N–H and O–H groups in total. The molecule has 2 unspecified atom stereocenters. The summed E-state index contributed by atoms with van der Waals surface area (Å²) >= 11 is 0. The van der Waals surface area contributed by atoms with Crippen LogP contribution in [0.3, 0.4) is 0 Å². The highest BCUT2D eigenvalue weighted by atomic mass is 16.7. The molecule has 4 nitrogen and oxygen atoms in total. The van der Waals surface area contributed by atoms with E-state index in [1.165, 1.54) is 25.7 Å². The fraction of sp³-hybridized carbons (Fsp3) is 1.00. The maximum absolute atomic E-state index is 5.89. The van der Waals surface area contributed by atoms with Gasteiger partial charge in [-0.3, -0.25) is 4.90 Å². The first-order valence-corrected chi connectivity index (χ1v) is 7.36. The molecule has 2 atom stereocenters. The van der Waals surface area contributed by atoms with Crippen LogP contribution in [-0.4, -0.2) is 50.6 Å². The first-order valence-electron chi connectivity index (χ1n) is 7.36. The van der Waals surface area contributed by atoms with Crippen LogP contribution in [0.2, 0.25) is 0 Å². The minimum Gasteiger partial charge on any atom is -0.352 e. The van der Waals surface area contributed by atoms with Crippen LogP contribution in [0.1, 0.15) is 39.5 Å². The molecule has 0 aromatic heterocycles. The molecule has 1 aliphatic rings. The summed E-state index contributed by atoms with van der Waals surface area (Å²) in [7, 11) is 2.17. The maximum Gasteiger partial charge on any atom is 0.170 e. The number of rotatable bonds is 8. The fourth-order valence-corrected chi connectivity index (χ4v) is 2.94. The van der Waals surface area contributed by atoms with Gasteiger partial charge in [0.15, 0.2) is 6.29 Å². The van der Waals surface area contributed by atoms with Crippen molar-refractivity contribution in [3.63, 3.8) is 0 Å². The number of nitrogens with zero attached hydrogens (tertiary/aromatic N) is 1. The van der Waals surface area contributed by atoms with Gasteiger partial charge >= 0.3 is 0 Å². The van der Waals surface area contributed by atoms with E-state index in [0.717, 1.165) is 13.1 Å². The van der Waals surface area contributed by atoms with Gasteiger partial charge in [0.25, 0.3) is 0 Å². The summed E-state index contributed by atoms with van der Waals surface area (Å²) < 4.78 is 11.2. The Morgan fingerprint density at radius 2 is 1.78 bits per heavy atom. The third-order valence-electron chi connectivity index (χ3n) is 3.88. The van der Waals surface area contributed by atoms with Crippen LogP contribution in [0.15, 0.2) is 0 Å². The molecule has 0 aliphatic heterocycles. The second-order valence-corrected chi connectivity index (χ2v) is 5.13. The van der Waals surface area contributed by atoms with Crippen molar-refractivity contribution >= 4 is 0 Å². The third kappa shape index (κ3) is 4.84. The van der Waals surface area contributed by atoms with Crippen LogP contribution in [0.5, 0.6) is 0 Å². The molecular weight excluding hydrogens is 228 g/mol. The van der Waals surface area contributed by atoms with Crippen molar-refractivity contribution < 1.29 is 9.47 Å². The zero-order valence-electron chi connectivity index (χ0n) is 12.2. The molecular formula is C14H30N2O2. The van der Waals surface area contributed by atoms with Crippen LogP contribution in [0.4, 0.5) is 0 Å². The van der Waals surface area contributed by atoms with Gasteiger partial charge in [0.2, 0.25) is 0 Å². The van der Waals surface area contributed by atoms with Crippen molar-refractivity contribution in [1.82, 2.24) is 4.90 Å². The van der Waals surface area contributed by atoms with E-state index in [4.69, 9.17) is 15.2 Å². The van der Waals surface area contributed by atoms with E-state index in [0.29, 0.717) is 25.2 Å². The number of nitrogens with two attached hydrogens (primary N) is 1.